The summed E-state index contributed by atoms with van der Waals surface area (Å²) in [5.41, 5.74) is 0.425. The molecule has 0 aliphatic heterocycles. The Bertz CT molecular complexity index is 365. The van der Waals surface area contributed by atoms with Crippen molar-refractivity contribution in [3.8, 4) is 5.75 Å². The Morgan fingerprint density at radius 3 is 2.57 bits per heavy atom. The second kappa shape index (κ2) is 4.97. The molecule has 0 bridgehead atoms. The number of carbonyl (C=O) groups excluding carboxylic acids is 1. The first-order chi connectivity index (χ1) is 6.60. The van der Waals surface area contributed by atoms with Crippen molar-refractivity contribution in [3.63, 3.8) is 0 Å². The van der Waals surface area contributed by atoms with E-state index in [0.717, 1.165) is 8.04 Å². The van der Waals surface area contributed by atoms with Crippen LogP contribution in [0, 0.1) is 3.57 Å². The molecule has 0 aliphatic carbocycles. The van der Waals surface area contributed by atoms with Gasteiger partial charge in [0.25, 0.3) is 0 Å². The average Bonchev–Trinajstić information content (AvgIpc) is 2.15. The normalized spacial score (nSPS) is 9.71. The summed E-state index contributed by atoms with van der Waals surface area (Å²) in [6.07, 6.45) is 0. The molecule has 0 spiro atoms. The smallest absolute Gasteiger partial charge is 0.341 e. The second-order valence-corrected chi connectivity index (χ2v) is 4.56. The van der Waals surface area contributed by atoms with Crippen molar-refractivity contribution in [1.29, 1.82) is 0 Å². The van der Waals surface area contributed by atoms with E-state index in [9.17, 15) is 4.79 Å². The van der Waals surface area contributed by atoms with E-state index >= 15 is 0 Å². The highest BCUT2D eigenvalue weighted by molar-refractivity contribution is 14.1. The van der Waals surface area contributed by atoms with Crippen molar-refractivity contribution in [2.45, 2.75) is 0 Å². The molecule has 0 fully saturated rings. The monoisotopic (exact) mass is 370 g/mol. The summed E-state index contributed by atoms with van der Waals surface area (Å²) in [6.45, 7) is 0. The van der Waals surface area contributed by atoms with E-state index in [0.29, 0.717) is 11.3 Å². The summed E-state index contributed by atoms with van der Waals surface area (Å²) < 4.78 is 11.4. The van der Waals surface area contributed by atoms with Gasteiger partial charge in [-0.1, -0.05) is 0 Å². The van der Waals surface area contributed by atoms with Crippen LogP contribution in [0.25, 0.3) is 0 Å². The van der Waals surface area contributed by atoms with E-state index < -0.39 is 5.97 Å². The van der Waals surface area contributed by atoms with Gasteiger partial charge in [-0.05, 0) is 50.7 Å². The van der Waals surface area contributed by atoms with Gasteiger partial charge >= 0.3 is 5.97 Å². The molecule has 1 aromatic carbocycles. The van der Waals surface area contributed by atoms with Crippen LogP contribution < -0.4 is 4.74 Å². The van der Waals surface area contributed by atoms with Gasteiger partial charge in [-0.2, -0.15) is 0 Å². The van der Waals surface area contributed by atoms with Crippen LogP contribution in [0.4, 0.5) is 0 Å². The van der Waals surface area contributed by atoms with Gasteiger partial charge in [0, 0.05) is 3.57 Å². The Balaban J connectivity index is 3.32. The molecule has 0 saturated heterocycles. The van der Waals surface area contributed by atoms with Crippen molar-refractivity contribution < 1.29 is 14.3 Å². The minimum atomic E-state index is -0.402. The molecule has 0 atom stereocenters. The number of ether oxygens (including phenoxy) is 2. The fourth-order valence-corrected chi connectivity index (χ4v) is 2.70. The summed E-state index contributed by atoms with van der Waals surface area (Å²) in [5, 5.41) is 0. The lowest BCUT2D eigenvalue weighted by atomic mass is 10.2. The molecule has 3 nitrogen and oxygen atoms in total. The zero-order chi connectivity index (χ0) is 10.7. The summed E-state index contributed by atoms with van der Waals surface area (Å²) in [4.78, 5) is 11.4. The predicted molar refractivity (Wildman–Crippen MR) is 64.8 cm³/mol. The number of methoxy groups -OCH3 is 2. The molecule has 0 N–H and O–H groups in total. The zero-order valence-electron chi connectivity index (χ0n) is 7.64. The number of halogens is 2. The number of rotatable bonds is 2. The Morgan fingerprint density at radius 1 is 1.43 bits per heavy atom. The van der Waals surface area contributed by atoms with Gasteiger partial charge in [0.2, 0.25) is 0 Å². The minimum Gasteiger partial charge on any atom is -0.495 e. The molecule has 76 valence electrons. The number of benzene rings is 1. The maximum absolute atomic E-state index is 11.4. The molecule has 1 aromatic rings. The molecule has 14 heavy (non-hydrogen) atoms. The molecule has 1 rings (SSSR count). The standard InChI is InChI=1S/C9H8BrIO3/c1-13-8-6(9(12)14-2)3-5(11)4-7(8)10/h3-4H,1-2H3. The Labute approximate surface area is 104 Å². The quantitative estimate of drug-likeness (QED) is 0.593. The Morgan fingerprint density at radius 2 is 2.07 bits per heavy atom. The van der Waals surface area contributed by atoms with Gasteiger partial charge in [-0.25, -0.2) is 4.79 Å². The van der Waals surface area contributed by atoms with E-state index in [-0.39, 0.29) is 0 Å². The average molecular weight is 371 g/mol. The SMILES string of the molecule is COC(=O)c1cc(I)cc(Br)c1OC. The summed E-state index contributed by atoms with van der Waals surface area (Å²) in [7, 11) is 2.86. The third kappa shape index (κ3) is 2.38. The highest BCUT2D eigenvalue weighted by atomic mass is 127. The number of esters is 1. The lowest BCUT2D eigenvalue weighted by Gasteiger charge is -2.09. The zero-order valence-corrected chi connectivity index (χ0v) is 11.4. The van der Waals surface area contributed by atoms with E-state index in [1.54, 1.807) is 6.07 Å². The Hall–Kier alpha value is -0.300. The molecule has 0 heterocycles. The van der Waals surface area contributed by atoms with E-state index in [4.69, 9.17) is 4.74 Å². The lowest BCUT2D eigenvalue weighted by molar-refractivity contribution is 0.0597. The van der Waals surface area contributed by atoms with Gasteiger partial charge < -0.3 is 9.47 Å². The van der Waals surface area contributed by atoms with Crippen molar-refractivity contribution in [1.82, 2.24) is 0 Å². The van der Waals surface area contributed by atoms with E-state index in [1.165, 1.54) is 14.2 Å². The van der Waals surface area contributed by atoms with E-state index in [1.807, 2.05) is 6.07 Å². The molecular weight excluding hydrogens is 363 g/mol. The summed E-state index contributed by atoms with van der Waals surface area (Å²) in [6, 6.07) is 3.59. The lowest BCUT2D eigenvalue weighted by Crippen LogP contribution is -2.05. The first-order valence-corrected chi connectivity index (χ1v) is 5.58. The maximum Gasteiger partial charge on any atom is 0.341 e. The predicted octanol–water partition coefficient (Wildman–Crippen LogP) is 2.85. The van der Waals surface area contributed by atoms with Gasteiger partial charge in [-0.3, -0.25) is 0 Å². The van der Waals surface area contributed by atoms with Crippen LogP contribution in [0.1, 0.15) is 10.4 Å². The van der Waals surface area contributed by atoms with Crippen LogP contribution in [0.5, 0.6) is 5.75 Å². The van der Waals surface area contributed by atoms with Crippen LogP contribution >= 0.6 is 38.5 Å². The summed E-state index contributed by atoms with van der Waals surface area (Å²) >= 11 is 5.44. The first-order valence-electron chi connectivity index (χ1n) is 3.71. The minimum absolute atomic E-state index is 0.402. The molecule has 0 saturated carbocycles. The highest BCUT2D eigenvalue weighted by Gasteiger charge is 2.16. The topological polar surface area (TPSA) is 35.5 Å². The van der Waals surface area contributed by atoms with Crippen molar-refractivity contribution in [3.05, 3.63) is 25.7 Å². The van der Waals surface area contributed by atoms with Crippen LogP contribution in [-0.2, 0) is 4.74 Å². The second-order valence-electron chi connectivity index (χ2n) is 2.46. The molecule has 0 aliphatic rings. The van der Waals surface area contributed by atoms with Gasteiger partial charge in [0.1, 0.15) is 11.3 Å². The molecule has 0 aromatic heterocycles. The molecular formula is C9H8BrIO3. The third-order valence-corrected chi connectivity index (χ3v) is 2.83. The fourth-order valence-electron chi connectivity index (χ4n) is 1.03. The molecule has 5 heteroatoms. The maximum atomic E-state index is 11.4. The van der Waals surface area contributed by atoms with Gasteiger partial charge in [0.15, 0.2) is 0 Å². The van der Waals surface area contributed by atoms with Crippen LogP contribution in [0.15, 0.2) is 16.6 Å². The highest BCUT2D eigenvalue weighted by Crippen LogP contribution is 2.31. The van der Waals surface area contributed by atoms with Crippen molar-refractivity contribution >= 4 is 44.5 Å². The van der Waals surface area contributed by atoms with Gasteiger partial charge in [-0.15, -0.1) is 0 Å². The third-order valence-electron chi connectivity index (χ3n) is 1.62. The largest absolute Gasteiger partial charge is 0.495 e. The molecule has 0 radical (unpaired) electrons. The number of hydrogen-bond acceptors (Lipinski definition) is 3. The van der Waals surface area contributed by atoms with E-state index in [2.05, 4.69) is 43.3 Å². The fraction of sp³-hybridized carbons (Fsp3) is 0.222. The van der Waals surface area contributed by atoms with Crippen LogP contribution in [0.2, 0.25) is 0 Å². The molecule has 0 unspecified atom stereocenters. The van der Waals surface area contributed by atoms with Crippen LogP contribution in [0.3, 0.4) is 0 Å². The number of hydrogen-bond donors (Lipinski definition) is 0. The number of carbonyl (C=O) groups is 1. The molecule has 0 amide bonds. The van der Waals surface area contributed by atoms with Gasteiger partial charge in [0.05, 0.1) is 18.7 Å². The Kier molecular flexibility index (Phi) is 4.18. The van der Waals surface area contributed by atoms with Crippen molar-refractivity contribution in [2.24, 2.45) is 0 Å². The first kappa shape index (κ1) is 11.8. The van der Waals surface area contributed by atoms with Crippen molar-refractivity contribution in [2.75, 3.05) is 14.2 Å². The summed E-state index contributed by atoms with van der Waals surface area (Å²) in [5.74, 6) is 0.0957. The van der Waals surface area contributed by atoms with Crippen LogP contribution in [-0.4, -0.2) is 20.2 Å².